The minimum atomic E-state index is -0.628. The predicted octanol–water partition coefficient (Wildman–Crippen LogP) is 6.11. The number of aromatic nitrogens is 1. The van der Waals surface area contributed by atoms with Crippen LogP contribution in [0.5, 0.6) is 0 Å². The van der Waals surface area contributed by atoms with Gasteiger partial charge in [-0.15, -0.1) is 11.3 Å². The maximum atomic E-state index is 13.9. The molecule has 4 rings (SSSR count). The molecule has 0 fully saturated rings. The Morgan fingerprint density at radius 2 is 1.86 bits per heavy atom. The van der Waals surface area contributed by atoms with Crippen LogP contribution in [-0.4, -0.2) is 41.5 Å². The maximum absolute atomic E-state index is 13.9. The lowest BCUT2D eigenvalue weighted by Crippen LogP contribution is -2.22. The van der Waals surface area contributed by atoms with Crippen molar-refractivity contribution in [2.75, 3.05) is 24.9 Å². The van der Waals surface area contributed by atoms with Crippen molar-refractivity contribution in [2.45, 2.75) is 11.4 Å². The molecule has 0 aliphatic rings. The van der Waals surface area contributed by atoms with E-state index < -0.39 is 11.6 Å². The summed E-state index contributed by atoms with van der Waals surface area (Å²) < 4.78 is 30.1. The van der Waals surface area contributed by atoms with Gasteiger partial charge in [-0.2, -0.15) is 0 Å². The molecule has 0 amide bonds. The predicted molar refractivity (Wildman–Crippen MR) is 138 cm³/mol. The van der Waals surface area contributed by atoms with Gasteiger partial charge in [0.15, 0.2) is 0 Å². The molecule has 2 aromatic heterocycles. The zero-order valence-corrected chi connectivity index (χ0v) is 20.5. The molecule has 2 heterocycles. The number of halogens is 2. The van der Waals surface area contributed by atoms with E-state index in [9.17, 15) is 13.6 Å². The van der Waals surface area contributed by atoms with Crippen molar-refractivity contribution in [2.24, 2.45) is 0 Å². The minimum Gasteiger partial charge on any atom is -0.395 e. The molecule has 180 valence electrons. The first-order valence-corrected chi connectivity index (χ1v) is 12.4. The summed E-state index contributed by atoms with van der Waals surface area (Å²) >= 11 is 2.65. The number of aldehydes is 1. The summed E-state index contributed by atoms with van der Waals surface area (Å²) in [7, 11) is 1.90. The van der Waals surface area contributed by atoms with E-state index in [1.165, 1.54) is 12.1 Å². The number of thiophene rings is 1. The Balaban J connectivity index is 1.52. The van der Waals surface area contributed by atoms with Gasteiger partial charge in [-0.1, -0.05) is 12.1 Å². The van der Waals surface area contributed by atoms with Crippen molar-refractivity contribution < 1.29 is 18.7 Å². The largest absolute Gasteiger partial charge is 0.395 e. The average Bonchev–Trinajstić information content (AvgIpc) is 3.34. The lowest BCUT2D eigenvalue weighted by Gasteiger charge is -2.17. The highest BCUT2D eigenvalue weighted by Crippen LogP contribution is 2.36. The number of aliphatic hydroxyl groups is 1. The van der Waals surface area contributed by atoms with E-state index in [2.05, 4.69) is 9.71 Å². The number of benzene rings is 2. The number of aliphatic hydroxyl groups excluding tert-OH is 1. The number of rotatable bonds is 10. The van der Waals surface area contributed by atoms with Gasteiger partial charge in [0.2, 0.25) is 0 Å². The van der Waals surface area contributed by atoms with Gasteiger partial charge in [0.05, 0.1) is 23.4 Å². The Bertz CT molecular complexity index is 1330. The summed E-state index contributed by atoms with van der Waals surface area (Å²) in [4.78, 5) is 20.1. The fourth-order valence-electron chi connectivity index (χ4n) is 3.50. The molecule has 9 heteroatoms. The van der Waals surface area contributed by atoms with Crippen LogP contribution in [0.25, 0.3) is 20.9 Å². The molecule has 35 heavy (non-hydrogen) atoms. The van der Waals surface area contributed by atoms with E-state index in [0.29, 0.717) is 24.3 Å². The van der Waals surface area contributed by atoms with Gasteiger partial charge >= 0.3 is 0 Å². The van der Waals surface area contributed by atoms with Gasteiger partial charge in [0.25, 0.3) is 0 Å². The number of likely N-dealkylation sites (N-methyl/N-ethyl adjacent to an activating group) is 1. The number of carbonyl (C=O) groups excluding carboxylic acids is 1. The van der Waals surface area contributed by atoms with Crippen LogP contribution in [0, 0.1) is 11.6 Å². The first-order valence-electron chi connectivity index (χ1n) is 10.8. The van der Waals surface area contributed by atoms with Crippen LogP contribution in [0.15, 0.2) is 71.9 Å². The van der Waals surface area contributed by atoms with Gasteiger partial charge in [-0.3, -0.25) is 14.7 Å². The second kappa shape index (κ2) is 11.5. The van der Waals surface area contributed by atoms with E-state index in [4.69, 9.17) is 5.11 Å². The Morgan fingerprint density at radius 1 is 1.06 bits per heavy atom. The summed E-state index contributed by atoms with van der Waals surface area (Å²) in [5.74, 6) is -1.24. The van der Waals surface area contributed by atoms with Crippen molar-refractivity contribution in [3.63, 3.8) is 0 Å². The standard InChI is InChI=1S/C26H23F2N3O2S2/c1-31(8-9-32)15-20-10-17(2-3-18(20)16-33)24-6-7-25(34-24)19-11-22(14-29-13-19)30-35-26-5-4-21(27)12-23(26)28/h2-7,10-14,16,30,32H,8-9,15H2,1H3. The van der Waals surface area contributed by atoms with Crippen LogP contribution >= 0.6 is 23.3 Å². The van der Waals surface area contributed by atoms with E-state index in [-0.39, 0.29) is 11.5 Å². The highest BCUT2D eigenvalue weighted by molar-refractivity contribution is 8.00. The number of hydrogen-bond acceptors (Lipinski definition) is 7. The van der Waals surface area contributed by atoms with Gasteiger partial charge in [0.1, 0.15) is 17.9 Å². The number of hydrogen-bond donors (Lipinski definition) is 2. The summed E-state index contributed by atoms with van der Waals surface area (Å²) in [6, 6.07) is 15.2. The summed E-state index contributed by atoms with van der Waals surface area (Å²) in [5, 5.41) is 9.17. The van der Waals surface area contributed by atoms with E-state index in [0.717, 1.165) is 50.7 Å². The summed E-state index contributed by atoms with van der Waals surface area (Å²) in [6.07, 6.45) is 4.25. The zero-order chi connectivity index (χ0) is 24.8. The fraction of sp³-hybridized carbons (Fsp3) is 0.154. The Kier molecular flexibility index (Phi) is 8.25. The molecule has 0 unspecified atom stereocenters. The molecule has 0 spiro atoms. The quantitative estimate of drug-likeness (QED) is 0.198. The molecule has 0 aliphatic heterocycles. The Labute approximate surface area is 210 Å². The number of anilines is 1. The van der Waals surface area contributed by atoms with Crippen LogP contribution in [0.2, 0.25) is 0 Å². The van der Waals surface area contributed by atoms with Crippen LogP contribution in [-0.2, 0) is 6.54 Å². The molecule has 5 nitrogen and oxygen atoms in total. The third-order valence-electron chi connectivity index (χ3n) is 5.28. The number of pyridine rings is 1. The highest BCUT2D eigenvalue weighted by atomic mass is 32.2. The van der Waals surface area contributed by atoms with Gasteiger partial charge in [-0.05, 0) is 66.5 Å². The smallest absolute Gasteiger partial charge is 0.150 e. The highest BCUT2D eigenvalue weighted by Gasteiger charge is 2.11. The topological polar surface area (TPSA) is 65.5 Å². The van der Waals surface area contributed by atoms with E-state index in [1.54, 1.807) is 23.7 Å². The maximum Gasteiger partial charge on any atom is 0.150 e. The molecule has 2 aromatic carbocycles. The number of carbonyl (C=O) groups is 1. The SMILES string of the molecule is CN(CCO)Cc1cc(-c2ccc(-c3cncc(NSc4ccc(F)cc4F)c3)s2)ccc1C=O. The van der Waals surface area contributed by atoms with Crippen molar-refractivity contribution >= 4 is 35.3 Å². The first kappa shape index (κ1) is 25.0. The molecular weight excluding hydrogens is 488 g/mol. The number of nitrogens with one attached hydrogen (secondary N) is 1. The molecule has 0 saturated carbocycles. The lowest BCUT2D eigenvalue weighted by atomic mass is 10.0. The Hall–Kier alpha value is -3.11. The van der Waals surface area contributed by atoms with Crippen LogP contribution < -0.4 is 4.72 Å². The third-order valence-corrected chi connectivity index (χ3v) is 7.35. The van der Waals surface area contributed by atoms with E-state index >= 15 is 0 Å². The lowest BCUT2D eigenvalue weighted by molar-refractivity contribution is 0.112. The van der Waals surface area contributed by atoms with E-state index in [1.807, 2.05) is 48.3 Å². The van der Waals surface area contributed by atoms with Gasteiger partial charge in [0, 0.05) is 46.2 Å². The van der Waals surface area contributed by atoms with Crippen LogP contribution in [0.1, 0.15) is 15.9 Å². The molecule has 0 aliphatic carbocycles. The molecule has 4 aromatic rings. The molecular formula is C26H23F2N3O2S2. The molecule has 0 atom stereocenters. The van der Waals surface area contributed by atoms with Gasteiger partial charge in [-0.25, -0.2) is 8.78 Å². The van der Waals surface area contributed by atoms with Crippen molar-refractivity contribution in [1.82, 2.24) is 9.88 Å². The monoisotopic (exact) mass is 511 g/mol. The summed E-state index contributed by atoms with van der Waals surface area (Å²) in [6.45, 7) is 1.14. The number of nitrogens with zero attached hydrogens (tertiary/aromatic N) is 2. The van der Waals surface area contributed by atoms with Crippen molar-refractivity contribution in [1.29, 1.82) is 0 Å². The molecule has 0 saturated heterocycles. The van der Waals surface area contributed by atoms with Crippen molar-refractivity contribution in [3.05, 3.63) is 89.8 Å². The fourth-order valence-corrected chi connectivity index (χ4v) is 5.12. The first-order chi connectivity index (χ1) is 17.0. The third kappa shape index (κ3) is 6.32. The van der Waals surface area contributed by atoms with Crippen LogP contribution in [0.3, 0.4) is 0 Å². The summed E-state index contributed by atoms with van der Waals surface area (Å²) in [5.41, 5.74) is 4.13. The normalized spacial score (nSPS) is 11.1. The average molecular weight is 512 g/mol. The van der Waals surface area contributed by atoms with Crippen molar-refractivity contribution in [3.8, 4) is 20.9 Å². The second-order valence-electron chi connectivity index (χ2n) is 7.90. The molecule has 0 bridgehead atoms. The zero-order valence-electron chi connectivity index (χ0n) is 18.9. The Morgan fingerprint density at radius 3 is 2.60 bits per heavy atom. The minimum absolute atomic E-state index is 0.0558. The second-order valence-corrected chi connectivity index (χ2v) is 9.83. The molecule has 0 radical (unpaired) electrons. The molecule has 2 N–H and O–H groups in total. The van der Waals surface area contributed by atoms with Gasteiger partial charge < -0.3 is 9.83 Å². The van der Waals surface area contributed by atoms with Crippen LogP contribution in [0.4, 0.5) is 14.5 Å².